The first-order valence-corrected chi connectivity index (χ1v) is 4.25. The molecule has 2 heteroatoms. The van der Waals surface area contributed by atoms with Crippen molar-refractivity contribution in [2.24, 2.45) is 0 Å². The van der Waals surface area contributed by atoms with Crippen LogP contribution in [0.1, 0.15) is 32.6 Å². The SMILES string of the molecule is C=CCC=C(CCCC)C(=O)O. The minimum absolute atomic E-state index is 0.511. The molecule has 0 aromatic carbocycles. The summed E-state index contributed by atoms with van der Waals surface area (Å²) in [5, 5.41) is 8.72. The summed E-state index contributed by atoms with van der Waals surface area (Å²) < 4.78 is 0. The lowest BCUT2D eigenvalue weighted by Crippen LogP contribution is -2.00. The number of hydrogen-bond acceptors (Lipinski definition) is 1. The first-order valence-electron chi connectivity index (χ1n) is 4.25. The van der Waals surface area contributed by atoms with Gasteiger partial charge in [0.25, 0.3) is 0 Å². The van der Waals surface area contributed by atoms with Crippen LogP contribution in [0.2, 0.25) is 0 Å². The topological polar surface area (TPSA) is 37.3 Å². The van der Waals surface area contributed by atoms with Gasteiger partial charge in [0.15, 0.2) is 0 Å². The Hall–Kier alpha value is -1.05. The number of carbonyl (C=O) groups is 1. The number of hydrogen-bond donors (Lipinski definition) is 1. The zero-order valence-electron chi connectivity index (χ0n) is 7.55. The Labute approximate surface area is 73.6 Å². The molecule has 0 saturated carbocycles. The predicted octanol–water partition coefficient (Wildman–Crippen LogP) is 2.76. The molecule has 68 valence electrons. The highest BCUT2D eigenvalue weighted by Gasteiger charge is 2.04. The highest BCUT2D eigenvalue weighted by atomic mass is 16.4. The van der Waals surface area contributed by atoms with Crippen molar-refractivity contribution < 1.29 is 9.90 Å². The lowest BCUT2D eigenvalue weighted by Gasteiger charge is -1.99. The summed E-state index contributed by atoms with van der Waals surface area (Å²) in [4.78, 5) is 10.6. The number of rotatable bonds is 6. The zero-order chi connectivity index (χ0) is 9.40. The molecule has 0 atom stereocenters. The van der Waals surface area contributed by atoms with E-state index in [1.807, 2.05) is 6.92 Å². The number of unbranched alkanes of at least 4 members (excludes halogenated alkanes) is 1. The Morgan fingerprint density at radius 2 is 2.25 bits per heavy atom. The molecule has 0 aliphatic heterocycles. The summed E-state index contributed by atoms with van der Waals surface area (Å²) >= 11 is 0. The van der Waals surface area contributed by atoms with Gasteiger partial charge >= 0.3 is 5.97 Å². The molecule has 0 rings (SSSR count). The van der Waals surface area contributed by atoms with Crippen LogP contribution in [0, 0.1) is 0 Å². The molecule has 1 N–H and O–H groups in total. The molecule has 0 spiro atoms. The predicted molar refractivity (Wildman–Crippen MR) is 50.1 cm³/mol. The first-order chi connectivity index (χ1) is 5.72. The Balaban J connectivity index is 4.02. The van der Waals surface area contributed by atoms with Gasteiger partial charge in [-0.2, -0.15) is 0 Å². The summed E-state index contributed by atoms with van der Waals surface area (Å²) in [5.74, 6) is -0.801. The molecule has 0 aromatic rings. The average molecular weight is 168 g/mol. The molecule has 0 saturated heterocycles. The normalized spacial score (nSPS) is 11.2. The van der Waals surface area contributed by atoms with Crippen LogP contribution in [0.5, 0.6) is 0 Å². The maximum Gasteiger partial charge on any atom is 0.331 e. The molecule has 0 radical (unpaired) electrons. The van der Waals surface area contributed by atoms with Crippen LogP contribution >= 0.6 is 0 Å². The van der Waals surface area contributed by atoms with Crippen LogP contribution in [0.25, 0.3) is 0 Å². The maximum atomic E-state index is 10.6. The fraction of sp³-hybridized carbons (Fsp3) is 0.500. The van der Waals surface area contributed by atoms with Gasteiger partial charge < -0.3 is 5.11 Å². The van der Waals surface area contributed by atoms with Gasteiger partial charge in [-0.25, -0.2) is 4.79 Å². The van der Waals surface area contributed by atoms with Crippen LogP contribution in [0.15, 0.2) is 24.3 Å². The van der Waals surface area contributed by atoms with E-state index in [4.69, 9.17) is 5.11 Å². The van der Waals surface area contributed by atoms with Gasteiger partial charge in [-0.1, -0.05) is 25.5 Å². The quantitative estimate of drug-likeness (QED) is 0.489. The molecule has 0 bridgehead atoms. The third-order valence-electron chi connectivity index (χ3n) is 1.61. The minimum Gasteiger partial charge on any atom is -0.478 e. The van der Waals surface area contributed by atoms with E-state index in [0.29, 0.717) is 18.4 Å². The fourth-order valence-corrected chi connectivity index (χ4v) is 0.889. The van der Waals surface area contributed by atoms with E-state index < -0.39 is 5.97 Å². The molecule has 12 heavy (non-hydrogen) atoms. The summed E-state index contributed by atoms with van der Waals surface area (Å²) in [6, 6.07) is 0. The molecular formula is C10H16O2. The fourth-order valence-electron chi connectivity index (χ4n) is 0.889. The van der Waals surface area contributed by atoms with E-state index in [1.165, 1.54) is 0 Å². The zero-order valence-corrected chi connectivity index (χ0v) is 7.55. The molecule has 2 nitrogen and oxygen atoms in total. The lowest BCUT2D eigenvalue weighted by molar-refractivity contribution is -0.132. The molecule has 0 amide bonds. The van der Waals surface area contributed by atoms with Gasteiger partial charge in [-0.15, -0.1) is 6.58 Å². The van der Waals surface area contributed by atoms with Crippen molar-refractivity contribution in [2.45, 2.75) is 32.6 Å². The Morgan fingerprint density at radius 1 is 1.58 bits per heavy atom. The van der Waals surface area contributed by atoms with Crippen molar-refractivity contribution in [3.05, 3.63) is 24.3 Å². The monoisotopic (exact) mass is 168 g/mol. The molecule has 0 aromatic heterocycles. The van der Waals surface area contributed by atoms with Crippen molar-refractivity contribution in [3.8, 4) is 0 Å². The van der Waals surface area contributed by atoms with Crippen LogP contribution in [0.4, 0.5) is 0 Å². The van der Waals surface area contributed by atoms with Crippen LogP contribution in [0.3, 0.4) is 0 Å². The second-order valence-corrected chi connectivity index (χ2v) is 2.66. The summed E-state index contributed by atoms with van der Waals surface area (Å²) in [6.07, 6.45) is 6.71. The van der Waals surface area contributed by atoms with E-state index in [2.05, 4.69) is 6.58 Å². The Bertz CT molecular complexity index is 180. The van der Waals surface area contributed by atoms with E-state index >= 15 is 0 Å². The van der Waals surface area contributed by atoms with Gasteiger partial charge in [0.2, 0.25) is 0 Å². The van der Waals surface area contributed by atoms with Crippen molar-refractivity contribution in [1.29, 1.82) is 0 Å². The maximum absolute atomic E-state index is 10.6. The van der Waals surface area contributed by atoms with Gasteiger partial charge in [0.1, 0.15) is 0 Å². The van der Waals surface area contributed by atoms with E-state index in [1.54, 1.807) is 12.2 Å². The number of carboxylic acids is 1. The minimum atomic E-state index is -0.801. The molecule has 0 aliphatic rings. The number of allylic oxidation sites excluding steroid dienone is 2. The third kappa shape index (κ3) is 4.72. The van der Waals surface area contributed by atoms with Crippen LogP contribution in [-0.4, -0.2) is 11.1 Å². The second-order valence-electron chi connectivity index (χ2n) is 2.66. The Morgan fingerprint density at radius 3 is 2.67 bits per heavy atom. The summed E-state index contributed by atoms with van der Waals surface area (Å²) in [6.45, 7) is 5.58. The molecule has 0 aliphatic carbocycles. The molecular weight excluding hydrogens is 152 g/mol. The van der Waals surface area contributed by atoms with Gasteiger partial charge in [0, 0.05) is 5.57 Å². The van der Waals surface area contributed by atoms with Crippen molar-refractivity contribution in [3.63, 3.8) is 0 Å². The van der Waals surface area contributed by atoms with E-state index in [-0.39, 0.29) is 0 Å². The van der Waals surface area contributed by atoms with Gasteiger partial charge in [0.05, 0.1) is 0 Å². The lowest BCUT2D eigenvalue weighted by atomic mass is 10.1. The first kappa shape index (κ1) is 11.0. The smallest absolute Gasteiger partial charge is 0.331 e. The molecule has 0 heterocycles. The Kier molecular flexibility index (Phi) is 6.07. The summed E-state index contributed by atoms with van der Waals surface area (Å²) in [7, 11) is 0. The highest BCUT2D eigenvalue weighted by molar-refractivity contribution is 5.86. The molecule has 0 unspecified atom stereocenters. The van der Waals surface area contributed by atoms with E-state index in [0.717, 1.165) is 12.8 Å². The van der Waals surface area contributed by atoms with Crippen LogP contribution < -0.4 is 0 Å². The van der Waals surface area contributed by atoms with Gasteiger partial charge in [-0.05, 0) is 19.3 Å². The van der Waals surface area contributed by atoms with Crippen molar-refractivity contribution >= 4 is 5.97 Å². The highest BCUT2D eigenvalue weighted by Crippen LogP contribution is 2.08. The average Bonchev–Trinajstić information content (AvgIpc) is 2.04. The largest absolute Gasteiger partial charge is 0.478 e. The van der Waals surface area contributed by atoms with Crippen molar-refractivity contribution in [2.75, 3.05) is 0 Å². The second kappa shape index (κ2) is 6.65. The van der Waals surface area contributed by atoms with Crippen LogP contribution in [-0.2, 0) is 4.79 Å². The number of carboxylic acid groups (broad SMARTS) is 1. The van der Waals surface area contributed by atoms with E-state index in [9.17, 15) is 4.79 Å². The van der Waals surface area contributed by atoms with Crippen molar-refractivity contribution in [1.82, 2.24) is 0 Å². The number of aliphatic carboxylic acids is 1. The molecule has 0 fully saturated rings. The van der Waals surface area contributed by atoms with Gasteiger partial charge in [-0.3, -0.25) is 0 Å². The standard InChI is InChI=1S/C10H16O2/c1-3-5-7-9(10(11)12)8-6-4-2/h3,7H,1,4-6,8H2,2H3,(H,11,12). The third-order valence-corrected chi connectivity index (χ3v) is 1.61. The summed E-state index contributed by atoms with van der Waals surface area (Å²) in [5.41, 5.74) is 0.511.